The molecular weight excluding hydrogens is 194 g/mol. The quantitative estimate of drug-likeness (QED) is 0.772. The van der Waals surface area contributed by atoms with Gasteiger partial charge in [0.1, 0.15) is 12.7 Å². The van der Waals surface area contributed by atoms with E-state index in [2.05, 4.69) is 15.5 Å². The van der Waals surface area contributed by atoms with Crippen LogP contribution in [-0.4, -0.2) is 42.1 Å². The second-order valence-electron chi connectivity index (χ2n) is 3.60. The summed E-state index contributed by atoms with van der Waals surface area (Å²) in [6.45, 7) is 4.28. The number of nitrogens with one attached hydrogen (secondary N) is 1. The summed E-state index contributed by atoms with van der Waals surface area (Å²) in [7, 11) is 0. The van der Waals surface area contributed by atoms with Crippen molar-refractivity contribution in [1.82, 2.24) is 15.5 Å². The van der Waals surface area contributed by atoms with Gasteiger partial charge in [0.25, 0.3) is 0 Å². The van der Waals surface area contributed by atoms with Gasteiger partial charge < -0.3 is 14.8 Å². The zero-order chi connectivity index (χ0) is 10.5. The van der Waals surface area contributed by atoms with Gasteiger partial charge in [-0.3, -0.25) is 0 Å². The first kappa shape index (κ1) is 10.3. The largest absolute Gasteiger partial charge is 0.474 e. The lowest BCUT2D eigenvalue weighted by atomic mass is 10.2. The van der Waals surface area contributed by atoms with E-state index < -0.39 is 0 Å². The van der Waals surface area contributed by atoms with E-state index in [4.69, 9.17) is 9.47 Å². The van der Waals surface area contributed by atoms with Crippen molar-refractivity contribution in [2.45, 2.75) is 19.1 Å². The summed E-state index contributed by atoms with van der Waals surface area (Å²) in [5.41, 5.74) is 0. The van der Waals surface area contributed by atoms with Gasteiger partial charge in [-0.25, -0.2) is 0 Å². The lowest BCUT2D eigenvalue weighted by Crippen LogP contribution is -2.45. The molecule has 1 aliphatic rings. The molecule has 1 saturated heterocycles. The van der Waals surface area contributed by atoms with E-state index in [0.717, 1.165) is 13.1 Å². The average molecular weight is 209 g/mol. The lowest BCUT2D eigenvalue weighted by molar-refractivity contribution is -0.0477. The van der Waals surface area contributed by atoms with E-state index in [1.807, 2.05) is 6.92 Å². The van der Waals surface area contributed by atoms with Crippen molar-refractivity contribution < 1.29 is 9.47 Å². The molecule has 1 aromatic heterocycles. The van der Waals surface area contributed by atoms with Crippen LogP contribution in [0.3, 0.4) is 0 Å². The number of aromatic nitrogens is 2. The molecule has 0 aliphatic carbocycles. The Morgan fingerprint density at radius 1 is 1.60 bits per heavy atom. The summed E-state index contributed by atoms with van der Waals surface area (Å²) in [6.07, 6.45) is 1.96. The first-order chi connectivity index (χ1) is 7.34. The van der Waals surface area contributed by atoms with Gasteiger partial charge >= 0.3 is 0 Å². The first-order valence-electron chi connectivity index (χ1n) is 5.11. The third kappa shape index (κ3) is 3.14. The number of hydrogen-bond donors (Lipinski definition) is 1. The Bertz CT molecular complexity index is 294. The van der Waals surface area contributed by atoms with Crippen molar-refractivity contribution in [2.24, 2.45) is 0 Å². The number of morpholine rings is 1. The molecule has 1 fully saturated rings. The number of ether oxygens (including phenoxy) is 2. The molecule has 1 N–H and O–H groups in total. The molecule has 0 radical (unpaired) electrons. The molecule has 5 heteroatoms. The van der Waals surface area contributed by atoms with Gasteiger partial charge in [0.2, 0.25) is 5.88 Å². The second-order valence-corrected chi connectivity index (χ2v) is 3.60. The van der Waals surface area contributed by atoms with Gasteiger partial charge in [0.15, 0.2) is 0 Å². The van der Waals surface area contributed by atoms with Gasteiger partial charge in [0, 0.05) is 25.4 Å². The van der Waals surface area contributed by atoms with E-state index in [0.29, 0.717) is 12.5 Å². The molecule has 1 aliphatic heterocycles. The molecule has 2 atom stereocenters. The monoisotopic (exact) mass is 209 g/mol. The molecule has 0 bridgehead atoms. The molecule has 82 valence electrons. The Balaban J connectivity index is 1.78. The smallest absolute Gasteiger partial charge is 0.233 e. The Labute approximate surface area is 88.8 Å². The number of hydrogen-bond acceptors (Lipinski definition) is 5. The Kier molecular flexibility index (Phi) is 3.47. The van der Waals surface area contributed by atoms with E-state index in [1.54, 1.807) is 18.3 Å². The Hall–Kier alpha value is -1.20. The van der Waals surface area contributed by atoms with Crippen LogP contribution in [0.15, 0.2) is 18.3 Å². The maximum Gasteiger partial charge on any atom is 0.233 e. The van der Waals surface area contributed by atoms with E-state index in [-0.39, 0.29) is 12.2 Å². The number of rotatable bonds is 3. The fraction of sp³-hybridized carbons (Fsp3) is 0.600. The van der Waals surface area contributed by atoms with Crippen molar-refractivity contribution in [1.29, 1.82) is 0 Å². The number of nitrogens with zero attached hydrogens (tertiary/aromatic N) is 2. The summed E-state index contributed by atoms with van der Waals surface area (Å²) in [5.74, 6) is 0.541. The van der Waals surface area contributed by atoms with Crippen molar-refractivity contribution in [2.75, 3.05) is 19.7 Å². The summed E-state index contributed by atoms with van der Waals surface area (Å²) in [6, 6.07) is 3.58. The molecular formula is C10H15N3O2. The molecule has 2 rings (SSSR count). The average Bonchev–Trinajstić information content (AvgIpc) is 2.28. The van der Waals surface area contributed by atoms with Crippen LogP contribution in [0.4, 0.5) is 0 Å². The van der Waals surface area contributed by atoms with Crippen LogP contribution in [0.2, 0.25) is 0 Å². The highest BCUT2D eigenvalue weighted by Gasteiger charge is 2.19. The highest BCUT2D eigenvalue weighted by Crippen LogP contribution is 2.07. The van der Waals surface area contributed by atoms with Crippen LogP contribution in [0, 0.1) is 0 Å². The fourth-order valence-corrected chi connectivity index (χ4v) is 1.51. The Morgan fingerprint density at radius 2 is 2.53 bits per heavy atom. The van der Waals surface area contributed by atoms with Crippen LogP contribution in [0.1, 0.15) is 6.92 Å². The first-order valence-corrected chi connectivity index (χ1v) is 5.11. The molecule has 2 heterocycles. The summed E-state index contributed by atoms with van der Waals surface area (Å²) < 4.78 is 11.1. The minimum absolute atomic E-state index is 0.0933. The Morgan fingerprint density at radius 3 is 3.27 bits per heavy atom. The minimum atomic E-state index is 0.0933. The molecule has 1 aromatic rings. The molecule has 15 heavy (non-hydrogen) atoms. The van der Waals surface area contributed by atoms with Crippen LogP contribution in [0.25, 0.3) is 0 Å². The SMILES string of the molecule is CC1CNCC(COc2cccnn2)O1. The predicted octanol–water partition coefficient (Wildman–Crippen LogP) is 0.232. The van der Waals surface area contributed by atoms with Crippen LogP contribution in [0.5, 0.6) is 5.88 Å². The highest BCUT2D eigenvalue weighted by atomic mass is 16.5. The van der Waals surface area contributed by atoms with Crippen LogP contribution in [-0.2, 0) is 4.74 Å². The maximum atomic E-state index is 5.67. The van der Waals surface area contributed by atoms with Crippen molar-refractivity contribution in [3.05, 3.63) is 18.3 Å². The third-order valence-electron chi connectivity index (χ3n) is 2.19. The molecule has 0 saturated carbocycles. The fourth-order valence-electron chi connectivity index (χ4n) is 1.51. The topological polar surface area (TPSA) is 56.3 Å². The zero-order valence-electron chi connectivity index (χ0n) is 8.72. The summed E-state index contributed by atoms with van der Waals surface area (Å²) >= 11 is 0. The van der Waals surface area contributed by atoms with Crippen LogP contribution >= 0.6 is 0 Å². The normalized spacial score (nSPS) is 26.2. The molecule has 2 unspecified atom stereocenters. The van der Waals surface area contributed by atoms with Gasteiger partial charge in [-0.15, -0.1) is 5.10 Å². The molecule has 0 spiro atoms. The zero-order valence-corrected chi connectivity index (χ0v) is 8.72. The van der Waals surface area contributed by atoms with Crippen molar-refractivity contribution in [3.63, 3.8) is 0 Å². The lowest BCUT2D eigenvalue weighted by Gasteiger charge is -2.28. The standard InChI is InChI=1S/C10H15N3O2/c1-8-5-11-6-9(15-8)7-14-10-3-2-4-12-13-10/h2-4,8-9,11H,5-7H2,1H3. The molecule has 0 aromatic carbocycles. The molecule has 5 nitrogen and oxygen atoms in total. The highest BCUT2D eigenvalue weighted by molar-refractivity contribution is 5.05. The van der Waals surface area contributed by atoms with Gasteiger partial charge in [-0.05, 0) is 13.0 Å². The third-order valence-corrected chi connectivity index (χ3v) is 2.19. The summed E-state index contributed by atoms with van der Waals surface area (Å²) in [5, 5.41) is 10.8. The van der Waals surface area contributed by atoms with Gasteiger partial charge in [-0.1, -0.05) is 0 Å². The van der Waals surface area contributed by atoms with E-state index in [1.165, 1.54) is 0 Å². The second kappa shape index (κ2) is 5.04. The van der Waals surface area contributed by atoms with E-state index >= 15 is 0 Å². The van der Waals surface area contributed by atoms with Gasteiger partial charge in [-0.2, -0.15) is 5.10 Å². The molecule has 0 amide bonds. The van der Waals surface area contributed by atoms with Crippen molar-refractivity contribution in [3.8, 4) is 5.88 Å². The van der Waals surface area contributed by atoms with E-state index in [9.17, 15) is 0 Å². The predicted molar refractivity (Wildman–Crippen MR) is 54.7 cm³/mol. The van der Waals surface area contributed by atoms with Gasteiger partial charge in [0.05, 0.1) is 6.10 Å². The minimum Gasteiger partial charge on any atom is -0.474 e. The van der Waals surface area contributed by atoms with Crippen LogP contribution < -0.4 is 10.1 Å². The van der Waals surface area contributed by atoms with Crippen molar-refractivity contribution >= 4 is 0 Å². The maximum absolute atomic E-state index is 5.67. The summed E-state index contributed by atoms with van der Waals surface area (Å²) in [4.78, 5) is 0.